The number of hydrogen-bond acceptors (Lipinski definition) is 6. The van der Waals surface area contributed by atoms with Gasteiger partial charge < -0.3 is 20.3 Å². The monoisotopic (exact) mass is 265 g/mol. The normalized spacial score (nSPS) is 10.2. The first-order valence-corrected chi connectivity index (χ1v) is 5.37. The highest BCUT2D eigenvalue weighted by atomic mass is 19.1. The summed E-state index contributed by atoms with van der Waals surface area (Å²) in [5, 5.41) is 9.71. The number of aromatic hydroxyl groups is 1. The first-order valence-electron chi connectivity index (χ1n) is 5.37. The van der Waals surface area contributed by atoms with Crippen molar-refractivity contribution in [1.82, 2.24) is 9.97 Å². The maximum absolute atomic E-state index is 12.9. The number of nitrogens with zero attached hydrogens (tertiary/aromatic N) is 2. The van der Waals surface area contributed by atoms with Crippen LogP contribution in [0.3, 0.4) is 0 Å². The molecule has 100 valence electrons. The van der Waals surface area contributed by atoms with E-state index in [-0.39, 0.29) is 24.2 Å². The second-order valence-corrected chi connectivity index (χ2v) is 3.67. The number of nitrogens with two attached hydrogens (primary N) is 1. The highest BCUT2D eigenvalue weighted by Crippen LogP contribution is 2.24. The van der Waals surface area contributed by atoms with Crippen LogP contribution in [-0.4, -0.2) is 22.2 Å². The maximum Gasteiger partial charge on any atom is 0.318 e. The van der Waals surface area contributed by atoms with Crippen molar-refractivity contribution in [3.63, 3.8) is 0 Å². The number of aromatic nitrogens is 2. The molecule has 0 aliphatic carbocycles. The lowest BCUT2D eigenvalue weighted by molar-refractivity contribution is 0.274. The van der Waals surface area contributed by atoms with E-state index in [1.54, 1.807) is 12.1 Å². The van der Waals surface area contributed by atoms with Crippen LogP contribution < -0.4 is 15.2 Å². The Morgan fingerprint density at radius 1 is 1.42 bits per heavy atom. The molecule has 1 heterocycles. The average molecular weight is 265 g/mol. The molecular weight excluding hydrogens is 253 g/mol. The lowest BCUT2D eigenvalue weighted by atomic mass is 10.2. The van der Waals surface area contributed by atoms with Gasteiger partial charge in [-0.05, 0) is 12.1 Å². The molecule has 0 aliphatic heterocycles. The molecule has 1 aromatic heterocycles. The van der Waals surface area contributed by atoms with Gasteiger partial charge in [0.1, 0.15) is 18.1 Å². The highest BCUT2D eigenvalue weighted by Gasteiger charge is 2.07. The van der Waals surface area contributed by atoms with Crippen molar-refractivity contribution in [2.75, 3.05) is 12.8 Å². The van der Waals surface area contributed by atoms with Gasteiger partial charge in [0, 0.05) is 11.6 Å². The topological polar surface area (TPSA) is 90.5 Å². The van der Waals surface area contributed by atoms with Crippen molar-refractivity contribution in [3.8, 4) is 17.5 Å². The molecule has 0 atom stereocenters. The third-order valence-electron chi connectivity index (χ3n) is 2.40. The van der Waals surface area contributed by atoms with Crippen molar-refractivity contribution < 1.29 is 19.0 Å². The van der Waals surface area contributed by atoms with Gasteiger partial charge in [0.25, 0.3) is 0 Å². The van der Waals surface area contributed by atoms with E-state index in [4.69, 9.17) is 15.2 Å². The Kier molecular flexibility index (Phi) is 3.65. The largest absolute Gasteiger partial charge is 0.507 e. The Hall–Kier alpha value is -2.57. The second kappa shape index (κ2) is 5.38. The molecule has 6 nitrogen and oxygen atoms in total. The van der Waals surface area contributed by atoms with E-state index in [9.17, 15) is 9.50 Å². The van der Waals surface area contributed by atoms with Crippen molar-refractivity contribution >= 4 is 5.82 Å². The molecule has 0 bridgehead atoms. The van der Waals surface area contributed by atoms with Gasteiger partial charge in [-0.15, -0.1) is 0 Å². The van der Waals surface area contributed by atoms with E-state index in [2.05, 4.69) is 9.97 Å². The molecule has 0 radical (unpaired) electrons. The fourth-order valence-electron chi connectivity index (χ4n) is 1.37. The van der Waals surface area contributed by atoms with Gasteiger partial charge in [-0.25, -0.2) is 9.37 Å². The van der Waals surface area contributed by atoms with Gasteiger partial charge in [0.05, 0.1) is 13.3 Å². The van der Waals surface area contributed by atoms with Crippen molar-refractivity contribution in [2.45, 2.75) is 6.61 Å². The minimum absolute atomic E-state index is 0.0226. The van der Waals surface area contributed by atoms with Crippen molar-refractivity contribution in [1.29, 1.82) is 0 Å². The molecule has 0 spiro atoms. The highest BCUT2D eigenvalue weighted by molar-refractivity contribution is 5.39. The van der Waals surface area contributed by atoms with Gasteiger partial charge in [-0.1, -0.05) is 0 Å². The summed E-state index contributed by atoms with van der Waals surface area (Å²) in [7, 11) is 1.50. The molecule has 0 saturated carbocycles. The quantitative estimate of drug-likeness (QED) is 0.870. The summed E-state index contributed by atoms with van der Waals surface area (Å²) < 4.78 is 23.0. The molecule has 2 aromatic rings. The lowest BCUT2D eigenvalue weighted by Gasteiger charge is -2.08. The van der Waals surface area contributed by atoms with E-state index in [0.29, 0.717) is 11.3 Å². The number of methoxy groups -OCH3 is 1. The molecule has 3 N–H and O–H groups in total. The maximum atomic E-state index is 12.9. The Labute approximate surface area is 108 Å². The van der Waals surface area contributed by atoms with Crippen LogP contribution in [0.1, 0.15) is 5.56 Å². The van der Waals surface area contributed by atoms with Gasteiger partial charge in [0.2, 0.25) is 0 Å². The number of rotatable bonds is 4. The molecule has 2 rings (SSSR count). The Balaban J connectivity index is 2.07. The SMILES string of the molecule is COc1ccc(COc2ncc(F)c(N)n2)c(O)c1. The molecule has 7 heteroatoms. The van der Waals surface area contributed by atoms with Crippen LogP contribution in [0.2, 0.25) is 0 Å². The zero-order valence-electron chi connectivity index (χ0n) is 10.1. The summed E-state index contributed by atoms with van der Waals surface area (Å²) in [6, 6.07) is 4.71. The van der Waals surface area contributed by atoms with Crippen molar-refractivity contribution in [3.05, 3.63) is 35.8 Å². The van der Waals surface area contributed by atoms with E-state index in [1.807, 2.05) is 0 Å². The number of nitrogen functional groups attached to an aromatic ring is 1. The minimum Gasteiger partial charge on any atom is -0.507 e. The predicted octanol–water partition coefficient (Wildman–Crippen LogP) is 1.49. The zero-order chi connectivity index (χ0) is 13.8. The summed E-state index contributed by atoms with van der Waals surface area (Å²) in [5.74, 6) is -0.443. The molecule has 0 fully saturated rings. The number of ether oxygens (including phenoxy) is 2. The number of phenolic OH excluding ortho intramolecular Hbond substituents is 1. The number of hydrogen-bond donors (Lipinski definition) is 2. The van der Waals surface area contributed by atoms with Gasteiger partial charge in [-0.3, -0.25) is 0 Å². The average Bonchev–Trinajstić information content (AvgIpc) is 2.41. The summed E-state index contributed by atoms with van der Waals surface area (Å²) in [6.07, 6.45) is 0.922. The first-order chi connectivity index (χ1) is 9.10. The molecule has 19 heavy (non-hydrogen) atoms. The molecular formula is C12H12FN3O3. The van der Waals surface area contributed by atoms with E-state index in [0.717, 1.165) is 6.20 Å². The van der Waals surface area contributed by atoms with Crippen LogP contribution in [-0.2, 0) is 6.61 Å². The smallest absolute Gasteiger partial charge is 0.318 e. The van der Waals surface area contributed by atoms with E-state index >= 15 is 0 Å². The summed E-state index contributed by atoms with van der Waals surface area (Å²) in [4.78, 5) is 7.24. The molecule has 1 aromatic carbocycles. The Morgan fingerprint density at radius 3 is 2.84 bits per heavy atom. The lowest BCUT2D eigenvalue weighted by Crippen LogP contribution is -2.03. The minimum atomic E-state index is -0.709. The molecule has 0 amide bonds. The van der Waals surface area contributed by atoms with Gasteiger partial charge in [-0.2, -0.15) is 4.98 Å². The predicted molar refractivity (Wildman–Crippen MR) is 65.4 cm³/mol. The Morgan fingerprint density at radius 2 is 2.21 bits per heavy atom. The first kappa shape index (κ1) is 12.9. The van der Waals surface area contributed by atoms with Crippen LogP contribution in [0.15, 0.2) is 24.4 Å². The molecule has 0 saturated heterocycles. The van der Waals surface area contributed by atoms with E-state index < -0.39 is 5.82 Å². The third kappa shape index (κ3) is 3.01. The van der Waals surface area contributed by atoms with Crippen LogP contribution in [0.4, 0.5) is 10.2 Å². The van der Waals surface area contributed by atoms with Crippen LogP contribution in [0, 0.1) is 5.82 Å². The van der Waals surface area contributed by atoms with Gasteiger partial charge in [0.15, 0.2) is 11.6 Å². The standard InChI is InChI=1S/C12H12FN3O3/c1-18-8-3-2-7(10(17)4-8)6-19-12-15-5-9(13)11(14)16-12/h2-5,17H,6H2,1H3,(H2,14,15,16). The van der Waals surface area contributed by atoms with E-state index in [1.165, 1.54) is 13.2 Å². The van der Waals surface area contributed by atoms with Crippen molar-refractivity contribution in [2.24, 2.45) is 0 Å². The molecule has 0 unspecified atom stereocenters. The molecule has 0 aliphatic rings. The fourth-order valence-corrected chi connectivity index (χ4v) is 1.37. The summed E-state index contributed by atoms with van der Waals surface area (Å²) in [6.45, 7) is 0.0287. The fraction of sp³-hybridized carbons (Fsp3) is 0.167. The summed E-state index contributed by atoms with van der Waals surface area (Å²) in [5.41, 5.74) is 5.81. The number of phenols is 1. The summed E-state index contributed by atoms with van der Waals surface area (Å²) >= 11 is 0. The van der Waals surface area contributed by atoms with Gasteiger partial charge >= 0.3 is 6.01 Å². The number of halogens is 1. The zero-order valence-corrected chi connectivity index (χ0v) is 10.1. The van der Waals surface area contributed by atoms with Crippen LogP contribution >= 0.6 is 0 Å². The Bertz CT molecular complexity index is 592. The van der Waals surface area contributed by atoms with Crippen LogP contribution in [0.25, 0.3) is 0 Å². The second-order valence-electron chi connectivity index (χ2n) is 3.67. The van der Waals surface area contributed by atoms with Crippen LogP contribution in [0.5, 0.6) is 17.5 Å². The number of anilines is 1. The number of benzene rings is 1. The third-order valence-corrected chi connectivity index (χ3v) is 2.40.